The molecule has 1 unspecified atom stereocenters. The maximum absolute atomic E-state index is 3.48. The van der Waals surface area contributed by atoms with Crippen molar-refractivity contribution in [1.29, 1.82) is 0 Å². The highest BCUT2D eigenvalue weighted by atomic mass is 35.5. The second kappa shape index (κ2) is 6.64. The lowest BCUT2D eigenvalue weighted by atomic mass is 10.3. The molecular formula is C5H13ClS. The molecule has 0 rings (SSSR count). The molecule has 46 valence electrons. The molecule has 0 radical (unpaired) electrons. The van der Waals surface area contributed by atoms with Crippen LogP contribution in [0, 0.1) is 0 Å². The Morgan fingerprint density at radius 2 is 2.00 bits per heavy atom. The van der Waals surface area contributed by atoms with Crippen molar-refractivity contribution < 1.29 is 12.4 Å². The van der Waals surface area contributed by atoms with Crippen LogP contribution < -0.4 is 12.4 Å². The van der Waals surface area contributed by atoms with Crippen LogP contribution in [0.2, 0.25) is 0 Å². The summed E-state index contributed by atoms with van der Waals surface area (Å²) in [5.41, 5.74) is 0. The third-order valence-corrected chi connectivity index (χ3v) is 1.01. The molecule has 0 nitrogen and oxygen atoms in total. The standard InChI is InChI=1S/C5H12S.ClH/c1-3-4-5(2)6;/h5-6H,3-4H2,1-2H3;1H. The Labute approximate surface area is 57.5 Å². The quantitative estimate of drug-likeness (QED) is 0.397. The fourth-order valence-electron chi connectivity index (χ4n) is 0.433. The smallest absolute Gasteiger partial charge is 0.110 e. The lowest BCUT2D eigenvalue weighted by Crippen LogP contribution is -3.00. The summed E-state index contributed by atoms with van der Waals surface area (Å²) in [5, 5.41) is 0.704. The number of halogens is 1. The maximum Gasteiger partial charge on any atom is 0.110 e. The SMILES string of the molecule is CCCC(C)[SH2+].[Cl-]. The van der Waals surface area contributed by atoms with Crippen LogP contribution in [-0.2, 0) is 12.6 Å². The molecule has 0 aromatic rings. The molecule has 0 bridgehead atoms. The van der Waals surface area contributed by atoms with Crippen LogP contribution in [0.3, 0.4) is 0 Å². The van der Waals surface area contributed by atoms with Gasteiger partial charge in [-0.05, 0) is 26.0 Å². The predicted molar refractivity (Wildman–Crippen MR) is 34.5 cm³/mol. The first-order chi connectivity index (χ1) is 2.77. The van der Waals surface area contributed by atoms with Crippen molar-refractivity contribution in [1.82, 2.24) is 0 Å². The third kappa shape index (κ3) is 10.8. The molecular weight excluding hydrogens is 128 g/mol. The fraction of sp³-hybridized carbons (Fsp3) is 1.00. The van der Waals surface area contributed by atoms with Gasteiger partial charge in [0.2, 0.25) is 0 Å². The van der Waals surface area contributed by atoms with Crippen LogP contribution in [0.1, 0.15) is 26.7 Å². The van der Waals surface area contributed by atoms with Gasteiger partial charge in [0.25, 0.3) is 0 Å². The Hall–Kier alpha value is 0.640. The summed E-state index contributed by atoms with van der Waals surface area (Å²) in [6, 6.07) is 0. The van der Waals surface area contributed by atoms with Crippen LogP contribution in [-0.4, -0.2) is 5.25 Å². The molecule has 0 aromatic carbocycles. The van der Waals surface area contributed by atoms with Crippen LogP contribution in [0.4, 0.5) is 0 Å². The van der Waals surface area contributed by atoms with E-state index < -0.39 is 0 Å². The van der Waals surface area contributed by atoms with E-state index in [1.165, 1.54) is 12.8 Å². The van der Waals surface area contributed by atoms with Crippen LogP contribution in [0.5, 0.6) is 0 Å². The van der Waals surface area contributed by atoms with Gasteiger partial charge in [-0.25, -0.2) is 0 Å². The fourth-order valence-corrected chi connectivity index (χ4v) is 0.722. The Balaban J connectivity index is 0. The minimum absolute atomic E-state index is 0. The molecule has 0 N–H and O–H groups in total. The van der Waals surface area contributed by atoms with Gasteiger partial charge in [-0.15, -0.1) is 0 Å². The van der Waals surface area contributed by atoms with E-state index in [0.29, 0.717) is 5.25 Å². The minimum atomic E-state index is 0. The molecule has 0 aliphatic heterocycles. The van der Waals surface area contributed by atoms with Crippen molar-refractivity contribution >= 4 is 12.6 Å². The summed E-state index contributed by atoms with van der Waals surface area (Å²) >= 11 is 3.48. The summed E-state index contributed by atoms with van der Waals surface area (Å²) in [6.45, 7) is 4.36. The number of hydrogen-bond donors (Lipinski definition) is 0. The Morgan fingerprint density at radius 1 is 1.57 bits per heavy atom. The zero-order chi connectivity index (χ0) is 4.99. The molecule has 0 spiro atoms. The van der Waals surface area contributed by atoms with Gasteiger partial charge in [0, 0.05) is 0 Å². The average molecular weight is 141 g/mol. The average Bonchev–Trinajstić information content (AvgIpc) is 1.35. The summed E-state index contributed by atoms with van der Waals surface area (Å²) in [6.07, 6.45) is 2.57. The van der Waals surface area contributed by atoms with Gasteiger partial charge in [0.15, 0.2) is 0 Å². The van der Waals surface area contributed by atoms with Crippen molar-refractivity contribution in [3.05, 3.63) is 0 Å². The van der Waals surface area contributed by atoms with Crippen molar-refractivity contribution in [2.75, 3.05) is 0 Å². The molecule has 0 aliphatic rings. The summed E-state index contributed by atoms with van der Waals surface area (Å²) in [7, 11) is 0. The molecule has 0 saturated carbocycles. The number of rotatable bonds is 2. The van der Waals surface area contributed by atoms with Crippen molar-refractivity contribution in [3.8, 4) is 0 Å². The van der Waals surface area contributed by atoms with Gasteiger partial charge >= 0.3 is 0 Å². The van der Waals surface area contributed by atoms with Crippen LogP contribution in [0.15, 0.2) is 0 Å². The molecule has 0 aliphatic carbocycles. The molecule has 0 amide bonds. The zero-order valence-electron chi connectivity index (χ0n) is 4.87. The zero-order valence-corrected chi connectivity index (χ0v) is 6.63. The second-order valence-electron chi connectivity index (χ2n) is 1.69. The van der Waals surface area contributed by atoms with Gasteiger partial charge in [-0.1, -0.05) is 13.3 Å². The number of hydrogen-bond acceptors (Lipinski definition) is 0. The monoisotopic (exact) mass is 140 g/mol. The molecule has 0 fully saturated rings. The second-order valence-corrected chi connectivity index (χ2v) is 2.68. The lowest BCUT2D eigenvalue weighted by molar-refractivity contribution is -0.00000136. The van der Waals surface area contributed by atoms with Crippen LogP contribution >= 0.6 is 0 Å². The Morgan fingerprint density at radius 3 is 2.00 bits per heavy atom. The van der Waals surface area contributed by atoms with E-state index in [9.17, 15) is 0 Å². The first-order valence-corrected chi connectivity index (χ1v) is 3.06. The topological polar surface area (TPSA) is 0 Å². The van der Waals surface area contributed by atoms with E-state index in [0.717, 1.165) is 0 Å². The van der Waals surface area contributed by atoms with Gasteiger partial charge in [-0.3, -0.25) is 0 Å². The van der Waals surface area contributed by atoms with Crippen molar-refractivity contribution in [2.45, 2.75) is 31.9 Å². The largest absolute Gasteiger partial charge is 1.00 e. The van der Waals surface area contributed by atoms with Crippen molar-refractivity contribution in [2.24, 2.45) is 0 Å². The summed E-state index contributed by atoms with van der Waals surface area (Å²) in [4.78, 5) is 0. The third-order valence-electron chi connectivity index (χ3n) is 0.722. The Bertz CT molecular complexity index is 29.3. The summed E-state index contributed by atoms with van der Waals surface area (Å²) in [5.74, 6) is 0. The first kappa shape index (κ1) is 10.6. The predicted octanol–water partition coefficient (Wildman–Crippen LogP) is -1.81. The molecule has 2 heteroatoms. The normalized spacial score (nSPS) is 12.4. The van der Waals surface area contributed by atoms with Crippen molar-refractivity contribution in [3.63, 3.8) is 0 Å². The lowest BCUT2D eigenvalue weighted by Gasteiger charge is -1.88. The van der Waals surface area contributed by atoms with Crippen LogP contribution in [0.25, 0.3) is 0 Å². The van der Waals surface area contributed by atoms with E-state index in [-0.39, 0.29) is 12.4 Å². The molecule has 0 aromatic heterocycles. The highest BCUT2D eigenvalue weighted by Gasteiger charge is 1.93. The molecule has 7 heavy (non-hydrogen) atoms. The minimum Gasteiger partial charge on any atom is -1.00 e. The van der Waals surface area contributed by atoms with E-state index in [4.69, 9.17) is 0 Å². The van der Waals surface area contributed by atoms with E-state index >= 15 is 0 Å². The van der Waals surface area contributed by atoms with E-state index in [1.807, 2.05) is 0 Å². The molecule has 0 saturated heterocycles. The maximum atomic E-state index is 3.48. The highest BCUT2D eigenvalue weighted by molar-refractivity contribution is 7.59. The van der Waals surface area contributed by atoms with Gasteiger partial charge < -0.3 is 12.4 Å². The molecule has 1 atom stereocenters. The molecule has 0 heterocycles. The summed E-state index contributed by atoms with van der Waals surface area (Å²) < 4.78 is 0. The van der Waals surface area contributed by atoms with Gasteiger partial charge in [0.1, 0.15) is 5.25 Å². The first-order valence-electron chi connectivity index (χ1n) is 2.48. The highest BCUT2D eigenvalue weighted by Crippen LogP contribution is 1.93. The van der Waals surface area contributed by atoms with Gasteiger partial charge in [-0.2, -0.15) is 0 Å². The van der Waals surface area contributed by atoms with E-state index in [2.05, 4.69) is 26.5 Å². The van der Waals surface area contributed by atoms with E-state index in [1.54, 1.807) is 0 Å². The van der Waals surface area contributed by atoms with Gasteiger partial charge in [0.05, 0.1) is 0 Å². The Kier molecular flexibility index (Phi) is 10.0.